The monoisotopic (exact) mass is 237 g/mol. The maximum Gasteiger partial charge on any atom is 0.220 e. The highest BCUT2D eigenvalue weighted by molar-refractivity contribution is 6.29. The minimum Gasteiger partial charge on any atom is -0.439 e. The Balaban J connectivity index is 2.27. The van der Waals surface area contributed by atoms with Gasteiger partial charge in [-0.25, -0.2) is 9.37 Å². The number of aromatic nitrogens is 1. The van der Waals surface area contributed by atoms with E-state index in [1.165, 1.54) is 12.1 Å². The van der Waals surface area contributed by atoms with Crippen molar-refractivity contribution in [3.63, 3.8) is 0 Å². The van der Waals surface area contributed by atoms with E-state index in [9.17, 15) is 4.39 Å². The fourth-order valence-corrected chi connectivity index (χ4v) is 1.44. The van der Waals surface area contributed by atoms with Crippen LogP contribution < -0.4 is 4.74 Å². The lowest BCUT2D eigenvalue weighted by molar-refractivity contribution is 0.457. The maximum absolute atomic E-state index is 12.9. The molecule has 4 heteroatoms. The molecule has 2 aromatic rings. The molecule has 0 atom stereocenters. The van der Waals surface area contributed by atoms with E-state index >= 15 is 0 Å². The largest absolute Gasteiger partial charge is 0.439 e. The zero-order valence-corrected chi connectivity index (χ0v) is 9.33. The Kier molecular flexibility index (Phi) is 3.06. The molecular formula is C12H9ClFNO. The van der Waals surface area contributed by atoms with Crippen LogP contribution in [0, 0.1) is 12.7 Å². The van der Waals surface area contributed by atoms with Gasteiger partial charge in [0.15, 0.2) is 0 Å². The van der Waals surface area contributed by atoms with E-state index in [-0.39, 0.29) is 5.82 Å². The number of aryl methyl sites for hydroxylation is 1. The van der Waals surface area contributed by atoms with Crippen molar-refractivity contribution in [1.82, 2.24) is 4.98 Å². The van der Waals surface area contributed by atoms with Crippen LogP contribution in [0.5, 0.6) is 11.6 Å². The Morgan fingerprint density at radius 3 is 2.75 bits per heavy atom. The Labute approximate surface area is 97.7 Å². The fraction of sp³-hybridized carbons (Fsp3) is 0.0833. The van der Waals surface area contributed by atoms with Gasteiger partial charge in [-0.15, -0.1) is 0 Å². The van der Waals surface area contributed by atoms with Crippen molar-refractivity contribution in [2.75, 3.05) is 0 Å². The van der Waals surface area contributed by atoms with Crippen LogP contribution in [0.1, 0.15) is 5.56 Å². The number of ether oxygens (including phenoxy) is 1. The summed E-state index contributed by atoms with van der Waals surface area (Å²) in [7, 11) is 0. The van der Waals surface area contributed by atoms with Crippen molar-refractivity contribution >= 4 is 11.6 Å². The van der Waals surface area contributed by atoms with E-state index < -0.39 is 0 Å². The Bertz CT molecular complexity index is 516. The molecule has 1 aromatic carbocycles. The molecule has 0 unspecified atom stereocenters. The van der Waals surface area contributed by atoms with Crippen molar-refractivity contribution in [2.45, 2.75) is 6.92 Å². The van der Waals surface area contributed by atoms with Gasteiger partial charge in [0.05, 0.1) is 0 Å². The molecule has 1 heterocycles. The molecule has 2 rings (SSSR count). The van der Waals surface area contributed by atoms with Crippen molar-refractivity contribution in [1.29, 1.82) is 0 Å². The molecule has 82 valence electrons. The van der Waals surface area contributed by atoms with Crippen LogP contribution in [-0.4, -0.2) is 4.98 Å². The van der Waals surface area contributed by atoms with Gasteiger partial charge >= 0.3 is 0 Å². The summed E-state index contributed by atoms with van der Waals surface area (Å²) >= 11 is 5.72. The SMILES string of the molecule is Cc1cc(F)ccc1Oc1cccc(Cl)n1. The first kappa shape index (κ1) is 10.9. The molecule has 0 aliphatic heterocycles. The number of benzene rings is 1. The minimum atomic E-state index is -0.288. The number of pyridine rings is 1. The molecule has 0 bridgehead atoms. The second-order valence-corrected chi connectivity index (χ2v) is 3.70. The summed E-state index contributed by atoms with van der Waals surface area (Å²) in [5, 5.41) is 0.359. The van der Waals surface area contributed by atoms with E-state index in [0.29, 0.717) is 22.3 Å². The van der Waals surface area contributed by atoms with Crippen molar-refractivity contribution < 1.29 is 9.13 Å². The minimum absolute atomic E-state index is 0.288. The molecule has 2 nitrogen and oxygen atoms in total. The van der Waals surface area contributed by atoms with Gasteiger partial charge in [-0.1, -0.05) is 17.7 Å². The van der Waals surface area contributed by atoms with Crippen LogP contribution in [0.4, 0.5) is 4.39 Å². The summed E-state index contributed by atoms with van der Waals surface area (Å²) in [5.41, 5.74) is 0.710. The summed E-state index contributed by atoms with van der Waals surface area (Å²) < 4.78 is 18.3. The fourth-order valence-electron chi connectivity index (χ4n) is 1.29. The number of rotatable bonds is 2. The highest BCUT2D eigenvalue weighted by atomic mass is 35.5. The molecule has 0 N–H and O–H groups in total. The van der Waals surface area contributed by atoms with Gasteiger partial charge in [0.2, 0.25) is 5.88 Å². The Morgan fingerprint density at radius 2 is 2.06 bits per heavy atom. The van der Waals surface area contributed by atoms with E-state index in [2.05, 4.69) is 4.98 Å². The first-order valence-electron chi connectivity index (χ1n) is 4.72. The maximum atomic E-state index is 12.9. The van der Waals surface area contributed by atoms with Crippen LogP contribution in [0.15, 0.2) is 36.4 Å². The highest BCUT2D eigenvalue weighted by Crippen LogP contribution is 2.24. The highest BCUT2D eigenvalue weighted by Gasteiger charge is 2.03. The number of nitrogens with zero attached hydrogens (tertiary/aromatic N) is 1. The van der Waals surface area contributed by atoms with Crippen molar-refractivity contribution in [3.05, 3.63) is 52.9 Å². The molecule has 0 aliphatic rings. The Morgan fingerprint density at radius 1 is 1.25 bits per heavy atom. The van der Waals surface area contributed by atoms with Crippen LogP contribution in [0.3, 0.4) is 0 Å². The second-order valence-electron chi connectivity index (χ2n) is 3.31. The third kappa shape index (κ3) is 2.49. The molecule has 0 saturated heterocycles. The summed E-state index contributed by atoms with van der Waals surface area (Å²) in [5.74, 6) is 0.669. The molecule has 0 aliphatic carbocycles. The van der Waals surface area contributed by atoms with Crippen LogP contribution >= 0.6 is 11.6 Å². The summed E-state index contributed by atoms with van der Waals surface area (Å²) in [6.45, 7) is 1.77. The molecule has 0 saturated carbocycles. The standard InChI is InChI=1S/C12H9ClFNO/c1-8-7-9(14)5-6-10(8)16-12-4-2-3-11(13)15-12/h2-7H,1H3. The third-order valence-electron chi connectivity index (χ3n) is 2.04. The predicted octanol–water partition coefficient (Wildman–Crippen LogP) is 3.97. The zero-order valence-electron chi connectivity index (χ0n) is 8.58. The summed E-state index contributed by atoms with van der Waals surface area (Å²) in [6, 6.07) is 9.39. The normalized spacial score (nSPS) is 10.2. The van der Waals surface area contributed by atoms with Crippen LogP contribution in [0.2, 0.25) is 5.15 Å². The molecule has 0 amide bonds. The molecule has 1 aromatic heterocycles. The van der Waals surface area contributed by atoms with Gasteiger partial charge in [0.1, 0.15) is 16.7 Å². The molecule has 0 spiro atoms. The third-order valence-corrected chi connectivity index (χ3v) is 2.25. The molecular weight excluding hydrogens is 229 g/mol. The summed E-state index contributed by atoms with van der Waals surface area (Å²) in [4.78, 5) is 3.98. The zero-order chi connectivity index (χ0) is 11.5. The molecule has 0 radical (unpaired) electrons. The topological polar surface area (TPSA) is 22.1 Å². The van der Waals surface area contributed by atoms with Gasteiger partial charge < -0.3 is 4.74 Å². The first-order chi connectivity index (χ1) is 7.65. The van der Waals surface area contributed by atoms with Crippen LogP contribution in [-0.2, 0) is 0 Å². The van der Waals surface area contributed by atoms with Crippen LogP contribution in [0.25, 0.3) is 0 Å². The lowest BCUT2D eigenvalue weighted by Crippen LogP contribution is -1.90. The smallest absolute Gasteiger partial charge is 0.220 e. The lowest BCUT2D eigenvalue weighted by Gasteiger charge is -2.07. The van der Waals surface area contributed by atoms with Gasteiger partial charge in [0, 0.05) is 6.07 Å². The number of halogens is 2. The van der Waals surface area contributed by atoms with E-state index in [4.69, 9.17) is 16.3 Å². The average molecular weight is 238 g/mol. The van der Waals surface area contributed by atoms with E-state index in [1.807, 2.05) is 0 Å². The quantitative estimate of drug-likeness (QED) is 0.738. The van der Waals surface area contributed by atoms with Crippen molar-refractivity contribution in [2.24, 2.45) is 0 Å². The van der Waals surface area contributed by atoms with E-state index in [1.54, 1.807) is 31.2 Å². The predicted molar refractivity (Wildman–Crippen MR) is 60.5 cm³/mol. The average Bonchev–Trinajstić information content (AvgIpc) is 2.22. The molecule has 0 fully saturated rings. The first-order valence-corrected chi connectivity index (χ1v) is 5.09. The van der Waals surface area contributed by atoms with Gasteiger partial charge in [-0.3, -0.25) is 0 Å². The van der Waals surface area contributed by atoms with Gasteiger partial charge in [-0.2, -0.15) is 0 Å². The number of hydrogen-bond donors (Lipinski definition) is 0. The van der Waals surface area contributed by atoms with Gasteiger partial charge in [0.25, 0.3) is 0 Å². The second kappa shape index (κ2) is 4.49. The van der Waals surface area contributed by atoms with Gasteiger partial charge in [-0.05, 0) is 36.8 Å². The Hall–Kier alpha value is -1.61. The lowest BCUT2D eigenvalue weighted by atomic mass is 10.2. The molecule has 16 heavy (non-hydrogen) atoms. The number of hydrogen-bond acceptors (Lipinski definition) is 2. The van der Waals surface area contributed by atoms with E-state index in [0.717, 1.165) is 0 Å². The summed E-state index contributed by atoms with van der Waals surface area (Å²) in [6.07, 6.45) is 0. The van der Waals surface area contributed by atoms with Crippen molar-refractivity contribution in [3.8, 4) is 11.6 Å².